The summed E-state index contributed by atoms with van der Waals surface area (Å²) in [6.45, 7) is 5.54. The summed E-state index contributed by atoms with van der Waals surface area (Å²) in [6.07, 6.45) is 5.47. The largest absolute Gasteiger partial charge is 0.377 e. The molecule has 1 fully saturated rings. The van der Waals surface area contributed by atoms with Crippen LogP contribution >= 0.6 is 0 Å². The molecular formula is C11H23NO. The zero-order chi connectivity index (χ0) is 9.68. The van der Waals surface area contributed by atoms with Gasteiger partial charge in [-0.05, 0) is 32.2 Å². The molecule has 0 aromatic carbocycles. The van der Waals surface area contributed by atoms with Crippen molar-refractivity contribution >= 4 is 0 Å². The van der Waals surface area contributed by atoms with Crippen LogP contribution in [0.25, 0.3) is 0 Å². The van der Waals surface area contributed by atoms with Gasteiger partial charge in [-0.15, -0.1) is 0 Å². The van der Waals surface area contributed by atoms with Crippen LogP contribution in [0.15, 0.2) is 0 Å². The third-order valence-electron chi connectivity index (χ3n) is 3.14. The Labute approximate surface area is 82.0 Å². The molecule has 0 aromatic heterocycles. The molecule has 0 saturated carbocycles. The second kappa shape index (κ2) is 5.61. The Morgan fingerprint density at radius 3 is 2.77 bits per heavy atom. The number of nitrogens with one attached hydrogen (secondary N) is 1. The average Bonchev–Trinajstić information content (AvgIpc) is 2.66. The van der Waals surface area contributed by atoms with Gasteiger partial charge in [0.15, 0.2) is 0 Å². The first-order valence-corrected chi connectivity index (χ1v) is 5.56. The predicted octanol–water partition coefficient (Wildman–Crippen LogP) is 2.19. The lowest BCUT2D eigenvalue weighted by molar-refractivity contribution is 0.0730. The monoisotopic (exact) mass is 185 g/mol. The van der Waals surface area contributed by atoms with Crippen molar-refractivity contribution in [1.29, 1.82) is 0 Å². The molecule has 0 radical (unpaired) electrons. The Kier molecular flexibility index (Phi) is 4.74. The smallest absolute Gasteiger partial charge is 0.0728 e. The Balaban J connectivity index is 2.32. The molecular weight excluding hydrogens is 162 g/mol. The van der Waals surface area contributed by atoms with E-state index in [1.807, 2.05) is 0 Å². The minimum absolute atomic E-state index is 0.471. The van der Waals surface area contributed by atoms with Crippen LogP contribution in [0.4, 0.5) is 0 Å². The lowest BCUT2D eigenvalue weighted by Gasteiger charge is -2.24. The summed E-state index contributed by atoms with van der Waals surface area (Å²) in [4.78, 5) is 0. The molecule has 3 atom stereocenters. The fourth-order valence-electron chi connectivity index (χ4n) is 1.98. The van der Waals surface area contributed by atoms with E-state index < -0.39 is 0 Å². The molecule has 1 heterocycles. The van der Waals surface area contributed by atoms with Crippen molar-refractivity contribution in [3.8, 4) is 0 Å². The SMILES string of the molecule is CCC(C)CC(NC)C1CCCO1. The van der Waals surface area contributed by atoms with Gasteiger partial charge in [-0.3, -0.25) is 0 Å². The molecule has 3 unspecified atom stereocenters. The fraction of sp³-hybridized carbons (Fsp3) is 1.00. The van der Waals surface area contributed by atoms with Gasteiger partial charge in [-0.25, -0.2) is 0 Å². The number of hydrogen-bond acceptors (Lipinski definition) is 2. The van der Waals surface area contributed by atoms with E-state index in [2.05, 4.69) is 26.2 Å². The molecule has 13 heavy (non-hydrogen) atoms. The molecule has 0 bridgehead atoms. The normalized spacial score (nSPS) is 27.5. The molecule has 0 spiro atoms. The van der Waals surface area contributed by atoms with E-state index in [4.69, 9.17) is 4.74 Å². The zero-order valence-electron chi connectivity index (χ0n) is 9.18. The Morgan fingerprint density at radius 2 is 2.31 bits per heavy atom. The molecule has 2 nitrogen and oxygen atoms in total. The second-order valence-electron chi connectivity index (χ2n) is 4.20. The maximum Gasteiger partial charge on any atom is 0.0728 e. The fourth-order valence-corrected chi connectivity index (χ4v) is 1.98. The Hall–Kier alpha value is -0.0800. The summed E-state index contributed by atoms with van der Waals surface area (Å²) in [5.41, 5.74) is 0. The minimum atomic E-state index is 0.471. The van der Waals surface area contributed by atoms with E-state index in [1.165, 1.54) is 25.7 Å². The van der Waals surface area contributed by atoms with Crippen molar-refractivity contribution in [2.75, 3.05) is 13.7 Å². The summed E-state index contributed by atoms with van der Waals surface area (Å²) in [5.74, 6) is 0.807. The molecule has 0 amide bonds. The summed E-state index contributed by atoms with van der Waals surface area (Å²) < 4.78 is 5.69. The number of hydrogen-bond donors (Lipinski definition) is 1. The number of likely N-dealkylation sites (N-methyl/N-ethyl adjacent to an activating group) is 1. The molecule has 2 heteroatoms. The second-order valence-corrected chi connectivity index (χ2v) is 4.20. The van der Waals surface area contributed by atoms with Gasteiger partial charge in [0.2, 0.25) is 0 Å². The van der Waals surface area contributed by atoms with Gasteiger partial charge < -0.3 is 10.1 Å². The van der Waals surface area contributed by atoms with E-state index in [1.54, 1.807) is 0 Å². The lowest BCUT2D eigenvalue weighted by atomic mass is 9.95. The van der Waals surface area contributed by atoms with Crippen LogP contribution in [0.1, 0.15) is 39.5 Å². The van der Waals surface area contributed by atoms with E-state index in [0.717, 1.165) is 12.5 Å². The van der Waals surface area contributed by atoms with Gasteiger partial charge >= 0.3 is 0 Å². The minimum Gasteiger partial charge on any atom is -0.377 e. The Bertz CT molecular complexity index is 132. The van der Waals surface area contributed by atoms with Crippen molar-refractivity contribution in [1.82, 2.24) is 5.32 Å². The first kappa shape index (κ1) is 11.0. The van der Waals surface area contributed by atoms with Crippen molar-refractivity contribution in [2.24, 2.45) is 5.92 Å². The highest BCUT2D eigenvalue weighted by Crippen LogP contribution is 2.21. The van der Waals surface area contributed by atoms with Crippen LogP contribution in [0.3, 0.4) is 0 Å². The van der Waals surface area contributed by atoms with Gasteiger partial charge in [0.05, 0.1) is 6.10 Å². The van der Waals surface area contributed by atoms with Crippen molar-refractivity contribution in [3.05, 3.63) is 0 Å². The molecule has 0 aliphatic carbocycles. The quantitative estimate of drug-likeness (QED) is 0.709. The third kappa shape index (κ3) is 3.28. The van der Waals surface area contributed by atoms with E-state index >= 15 is 0 Å². The van der Waals surface area contributed by atoms with E-state index in [-0.39, 0.29) is 0 Å². The highest BCUT2D eigenvalue weighted by molar-refractivity contribution is 4.80. The van der Waals surface area contributed by atoms with Crippen LogP contribution in [-0.2, 0) is 4.74 Å². The molecule has 1 rings (SSSR count). The molecule has 1 aliphatic heterocycles. The molecule has 1 saturated heterocycles. The molecule has 0 aromatic rings. The molecule has 78 valence electrons. The van der Waals surface area contributed by atoms with Gasteiger partial charge in [0.25, 0.3) is 0 Å². The maximum atomic E-state index is 5.69. The highest BCUT2D eigenvalue weighted by atomic mass is 16.5. The average molecular weight is 185 g/mol. The van der Waals surface area contributed by atoms with Crippen molar-refractivity contribution < 1.29 is 4.74 Å². The lowest BCUT2D eigenvalue weighted by Crippen LogP contribution is -2.38. The van der Waals surface area contributed by atoms with Gasteiger partial charge in [-0.1, -0.05) is 20.3 Å². The van der Waals surface area contributed by atoms with Crippen LogP contribution in [-0.4, -0.2) is 25.8 Å². The van der Waals surface area contributed by atoms with Crippen molar-refractivity contribution in [3.63, 3.8) is 0 Å². The topological polar surface area (TPSA) is 21.3 Å². The van der Waals surface area contributed by atoms with Gasteiger partial charge in [0.1, 0.15) is 0 Å². The van der Waals surface area contributed by atoms with Crippen LogP contribution in [0, 0.1) is 5.92 Å². The number of ether oxygens (including phenoxy) is 1. The Morgan fingerprint density at radius 1 is 1.54 bits per heavy atom. The van der Waals surface area contributed by atoms with E-state index in [9.17, 15) is 0 Å². The molecule has 1 aliphatic rings. The zero-order valence-corrected chi connectivity index (χ0v) is 9.18. The first-order chi connectivity index (χ1) is 6.27. The predicted molar refractivity (Wildman–Crippen MR) is 55.9 cm³/mol. The van der Waals surface area contributed by atoms with Crippen molar-refractivity contribution in [2.45, 2.75) is 51.7 Å². The summed E-state index contributed by atoms with van der Waals surface area (Å²) in [6, 6.07) is 0.567. The molecule has 1 N–H and O–H groups in total. The summed E-state index contributed by atoms with van der Waals surface area (Å²) in [7, 11) is 2.05. The summed E-state index contributed by atoms with van der Waals surface area (Å²) >= 11 is 0. The first-order valence-electron chi connectivity index (χ1n) is 5.56. The van der Waals surface area contributed by atoms with Crippen LogP contribution in [0.2, 0.25) is 0 Å². The van der Waals surface area contributed by atoms with Crippen LogP contribution in [0.5, 0.6) is 0 Å². The summed E-state index contributed by atoms with van der Waals surface area (Å²) in [5, 5.41) is 3.38. The van der Waals surface area contributed by atoms with Gasteiger partial charge in [-0.2, -0.15) is 0 Å². The van der Waals surface area contributed by atoms with E-state index in [0.29, 0.717) is 12.1 Å². The van der Waals surface area contributed by atoms with Gasteiger partial charge in [0, 0.05) is 12.6 Å². The standard InChI is InChI=1S/C11H23NO/c1-4-9(2)8-10(12-3)11-6-5-7-13-11/h9-12H,4-8H2,1-3H3. The number of rotatable bonds is 5. The third-order valence-corrected chi connectivity index (χ3v) is 3.14. The van der Waals surface area contributed by atoms with Crippen LogP contribution < -0.4 is 5.32 Å². The maximum absolute atomic E-state index is 5.69. The highest BCUT2D eigenvalue weighted by Gasteiger charge is 2.25.